The first kappa shape index (κ1) is 22.9. The van der Waals surface area contributed by atoms with Gasteiger partial charge in [0, 0.05) is 0 Å². The minimum absolute atomic E-state index is 0.0742. The molecule has 1 aliphatic heterocycles. The molecule has 7 heteroatoms. The van der Waals surface area contributed by atoms with Crippen molar-refractivity contribution < 1.29 is 19.1 Å². The summed E-state index contributed by atoms with van der Waals surface area (Å²) >= 11 is -0.167. The van der Waals surface area contributed by atoms with Crippen molar-refractivity contribution in [3.63, 3.8) is 0 Å². The maximum absolute atomic E-state index is 13.5. The van der Waals surface area contributed by atoms with E-state index in [1.807, 2.05) is 84.9 Å². The SMILES string of the molecule is COc1ccc(NC(=O)C2([Se]c3ccccc3)CCN(C(=O)OCc3ccccc3)C2)cc1. The first-order valence-corrected chi connectivity index (χ1v) is 12.4. The molecule has 1 saturated heterocycles. The van der Waals surface area contributed by atoms with Crippen LogP contribution in [0.15, 0.2) is 84.9 Å². The Balaban J connectivity index is 1.48. The van der Waals surface area contributed by atoms with Gasteiger partial charge in [-0.3, -0.25) is 0 Å². The van der Waals surface area contributed by atoms with Crippen LogP contribution in [0.1, 0.15) is 12.0 Å². The molecule has 2 amide bonds. The summed E-state index contributed by atoms with van der Waals surface area (Å²) in [6, 6.07) is 26.9. The Morgan fingerprint density at radius 1 is 0.970 bits per heavy atom. The Kier molecular flexibility index (Phi) is 7.33. The van der Waals surface area contributed by atoms with Crippen LogP contribution < -0.4 is 14.5 Å². The van der Waals surface area contributed by atoms with Gasteiger partial charge in [0.2, 0.25) is 0 Å². The van der Waals surface area contributed by atoms with Gasteiger partial charge in [0.25, 0.3) is 0 Å². The second-order valence-corrected chi connectivity index (χ2v) is 10.9. The summed E-state index contributed by atoms with van der Waals surface area (Å²) in [5.74, 6) is 0.652. The van der Waals surface area contributed by atoms with Gasteiger partial charge in [0.05, 0.1) is 0 Å². The van der Waals surface area contributed by atoms with Crippen LogP contribution in [-0.4, -0.2) is 52.1 Å². The quantitative estimate of drug-likeness (QED) is 0.492. The number of carbonyl (C=O) groups excluding carboxylic acids is 2. The average Bonchev–Trinajstić information content (AvgIpc) is 3.30. The summed E-state index contributed by atoms with van der Waals surface area (Å²) in [5, 5.41) is 3.06. The summed E-state index contributed by atoms with van der Waals surface area (Å²) in [5.41, 5.74) is 1.64. The number of likely N-dealkylation sites (tertiary alicyclic amines) is 1. The summed E-state index contributed by atoms with van der Waals surface area (Å²) < 4.78 is 11.2. The molecule has 0 aliphatic carbocycles. The Morgan fingerprint density at radius 2 is 1.64 bits per heavy atom. The molecule has 0 spiro atoms. The second-order valence-electron chi connectivity index (χ2n) is 7.80. The molecule has 4 rings (SSSR count). The molecule has 1 fully saturated rings. The van der Waals surface area contributed by atoms with Crippen LogP contribution in [0.4, 0.5) is 10.5 Å². The predicted octanol–water partition coefficient (Wildman–Crippen LogP) is 3.86. The number of hydrogen-bond donors (Lipinski definition) is 1. The van der Waals surface area contributed by atoms with E-state index in [9.17, 15) is 9.59 Å². The van der Waals surface area contributed by atoms with Gasteiger partial charge in [-0.2, -0.15) is 0 Å². The number of nitrogens with zero attached hydrogens (tertiary/aromatic N) is 1. The third-order valence-electron chi connectivity index (χ3n) is 5.51. The van der Waals surface area contributed by atoms with E-state index in [-0.39, 0.29) is 33.6 Å². The maximum atomic E-state index is 13.5. The van der Waals surface area contributed by atoms with Crippen LogP contribution in [0.25, 0.3) is 0 Å². The number of amides is 2. The van der Waals surface area contributed by atoms with E-state index in [1.54, 1.807) is 12.0 Å². The third kappa shape index (κ3) is 5.75. The zero-order valence-corrected chi connectivity index (χ0v) is 20.1. The molecule has 3 aromatic carbocycles. The van der Waals surface area contributed by atoms with E-state index >= 15 is 0 Å². The van der Waals surface area contributed by atoms with Crippen LogP contribution in [0.3, 0.4) is 0 Å². The van der Waals surface area contributed by atoms with Crippen LogP contribution >= 0.6 is 0 Å². The van der Waals surface area contributed by atoms with Gasteiger partial charge in [0.15, 0.2) is 0 Å². The molecule has 33 heavy (non-hydrogen) atoms. The van der Waals surface area contributed by atoms with E-state index in [1.165, 1.54) is 0 Å². The Morgan fingerprint density at radius 3 is 2.30 bits per heavy atom. The van der Waals surface area contributed by atoms with Crippen molar-refractivity contribution >= 4 is 37.1 Å². The van der Waals surface area contributed by atoms with Gasteiger partial charge < -0.3 is 0 Å². The molecule has 1 unspecified atom stereocenters. The molecule has 170 valence electrons. The van der Waals surface area contributed by atoms with Crippen LogP contribution in [-0.2, 0) is 16.1 Å². The fourth-order valence-electron chi connectivity index (χ4n) is 3.70. The number of ether oxygens (including phenoxy) is 2. The van der Waals surface area contributed by atoms with Crippen LogP contribution in [0.5, 0.6) is 5.75 Å². The fourth-order valence-corrected chi connectivity index (χ4v) is 6.43. The normalized spacial score (nSPS) is 17.4. The molecule has 1 N–H and O–H groups in total. The predicted molar refractivity (Wildman–Crippen MR) is 129 cm³/mol. The van der Waals surface area contributed by atoms with Crippen LogP contribution in [0.2, 0.25) is 4.31 Å². The molecular weight excluding hydrogens is 483 g/mol. The van der Waals surface area contributed by atoms with E-state index in [2.05, 4.69) is 5.32 Å². The minimum atomic E-state index is -0.681. The first-order valence-electron chi connectivity index (χ1n) is 10.7. The molecule has 0 saturated carbocycles. The first-order chi connectivity index (χ1) is 16.1. The van der Waals surface area contributed by atoms with Crippen LogP contribution in [0, 0.1) is 0 Å². The number of hydrogen-bond acceptors (Lipinski definition) is 4. The molecule has 1 heterocycles. The van der Waals surface area contributed by atoms with Gasteiger partial charge in [-0.25, -0.2) is 0 Å². The summed E-state index contributed by atoms with van der Waals surface area (Å²) in [6.07, 6.45) is 0.200. The van der Waals surface area contributed by atoms with Crippen molar-refractivity contribution in [1.29, 1.82) is 0 Å². The second kappa shape index (κ2) is 10.6. The van der Waals surface area contributed by atoms with Crippen molar-refractivity contribution in [2.45, 2.75) is 17.3 Å². The van der Waals surface area contributed by atoms with Gasteiger partial charge in [-0.1, -0.05) is 0 Å². The molecule has 1 atom stereocenters. The monoisotopic (exact) mass is 510 g/mol. The van der Waals surface area contributed by atoms with E-state index in [4.69, 9.17) is 9.47 Å². The molecule has 0 radical (unpaired) electrons. The Labute approximate surface area is 200 Å². The Bertz CT molecular complexity index is 1080. The third-order valence-corrected chi connectivity index (χ3v) is 8.49. The van der Waals surface area contributed by atoms with E-state index in [0.29, 0.717) is 25.2 Å². The fraction of sp³-hybridized carbons (Fsp3) is 0.231. The van der Waals surface area contributed by atoms with Gasteiger partial charge >= 0.3 is 200 Å². The molecule has 1 aliphatic rings. The number of rotatable bonds is 7. The molecule has 3 aromatic rings. The van der Waals surface area contributed by atoms with Gasteiger partial charge in [-0.05, 0) is 0 Å². The zero-order valence-electron chi connectivity index (χ0n) is 18.4. The van der Waals surface area contributed by atoms with Gasteiger partial charge in [0.1, 0.15) is 0 Å². The average molecular weight is 509 g/mol. The van der Waals surface area contributed by atoms with Crippen molar-refractivity contribution in [2.75, 3.05) is 25.5 Å². The zero-order chi connectivity index (χ0) is 23.1. The number of anilines is 1. The standard InChI is InChI=1S/C26H26N2O4Se/c1-31-22-14-12-21(13-15-22)27-24(29)26(33-23-10-6-3-7-11-23)16-17-28(19-26)25(30)32-18-20-8-4-2-5-9-20/h2-15H,16-19H2,1H3,(H,27,29). The number of benzene rings is 3. The summed E-state index contributed by atoms with van der Waals surface area (Å²) in [6.45, 7) is 1.03. The number of methoxy groups -OCH3 is 1. The summed E-state index contributed by atoms with van der Waals surface area (Å²) in [4.78, 5) is 28.0. The molecular formula is C26H26N2O4Se. The molecule has 0 bridgehead atoms. The Hall–Kier alpha value is -3.28. The molecule has 0 aromatic heterocycles. The van der Waals surface area contributed by atoms with Crippen molar-refractivity contribution in [1.82, 2.24) is 4.90 Å². The molecule has 6 nitrogen and oxygen atoms in total. The van der Waals surface area contributed by atoms with Crippen molar-refractivity contribution in [2.24, 2.45) is 0 Å². The van der Waals surface area contributed by atoms with E-state index < -0.39 is 4.31 Å². The number of nitrogens with one attached hydrogen (secondary N) is 1. The van der Waals surface area contributed by atoms with E-state index in [0.717, 1.165) is 15.8 Å². The van der Waals surface area contributed by atoms with Gasteiger partial charge in [-0.15, -0.1) is 0 Å². The number of carbonyl (C=O) groups is 2. The summed E-state index contributed by atoms with van der Waals surface area (Å²) in [7, 11) is 1.61. The topological polar surface area (TPSA) is 67.9 Å². The van der Waals surface area contributed by atoms with Crippen molar-refractivity contribution in [3.8, 4) is 5.75 Å². The van der Waals surface area contributed by atoms with Crippen molar-refractivity contribution in [3.05, 3.63) is 90.5 Å².